The third-order valence-electron chi connectivity index (χ3n) is 3.30. The Hall–Kier alpha value is -3.26. The molecule has 0 unspecified atom stereocenters. The van der Waals surface area contributed by atoms with Crippen LogP contribution in [0.25, 0.3) is 10.9 Å². The van der Waals surface area contributed by atoms with Crippen molar-refractivity contribution in [3.05, 3.63) is 65.4 Å². The maximum absolute atomic E-state index is 11.7. The number of nitrogens with one attached hydrogen (secondary N) is 1. The van der Waals surface area contributed by atoms with E-state index >= 15 is 0 Å². The number of halogens is 1. The quantitative estimate of drug-likeness (QED) is 0.378. The number of rotatable bonds is 5. The van der Waals surface area contributed by atoms with Crippen molar-refractivity contribution in [2.45, 2.75) is 0 Å². The number of ether oxygens (including phenoxy) is 1. The van der Waals surface area contributed by atoms with Gasteiger partial charge in [-0.15, -0.1) is 0 Å². The highest BCUT2D eigenvalue weighted by Gasteiger charge is 2.08. The number of esters is 1. The molecule has 26 heavy (non-hydrogen) atoms. The van der Waals surface area contributed by atoms with Crippen LogP contribution in [-0.4, -0.2) is 21.8 Å². The zero-order valence-corrected chi connectivity index (χ0v) is 14.9. The third kappa shape index (κ3) is 4.42. The van der Waals surface area contributed by atoms with E-state index < -0.39 is 11.9 Å². The zero-order valence-electron chi connectivity index (χ0n) is 13.3. The molecule has 0 saturated heterocycles. The molecule has 130 valence electrons. The number of aromatic nitrogens is 2. The largest absolute Gasteiger partial charge is 0.423 e. The highest BCUT2D eigenvalue weighted by atomic mass is 79.9. The lowest BCUT2D eigenvalue weighted by Crippen LogP contribution is -2.09. The Bertz CT molecular complexity index is 1020. The first-order valence-electron chi connectivity index (χ1n) is 7.48. The fourth-order valence-electron chi connectivity index (χ4n) is 2.20. The second-order valence-corrected chi connectivity index (χ2v) is 6.11. The number of fused-ring (bicyclic) bond motifs is 1. The van der Waals surface area contributed by atoms with Crippen molar-refractivity contribution in [1.29, 1.82) is 0 Å². The number of nitrogens with zero attached hydrogens (tertiary/aromatic N) is 2. The van der Waals surface area contributed by atoms with Crippen molar-refractivity contribution in [1.82, 2.24) is 9.97 Å². The summed E-state index contributed by atoms with van der Waals surface area (Å²) in [6.07, 6.45) is 3.35. The topological polar surface area (TPSA) is 107 Å². The standard InChI is InChI=1S/C18H13BrN4O3/c19-11-2-1-3-12(8-11)23-18-14-9-13(4-5-15(14)21-10-22-18)26-17(25)7-6-16(20)24/h1-10H,(H2,20,24)(H,21,22,23)/b7-6-. The summed E-state index contributed by atoms with van der Waals surface area (Å²) >= 11 is 3.42. The predicted octanol–water partition coefficient (Wildman–Crippen LogP) is 3.08. The SMILES string of the molecule is NC(=O)/C=C\C(=O)Oc1ccc2ncnc(Nc3cccc(Br)c3)c2c1. The maximum Gasteiger partial charge on any atom is 0.336 e. The molecule has 0 atom stereocenters. The van der Waals surface area contributed by atoms with Crippen LogP contribution >= 0.6 is 15.9 Å². The fraction of sp³-hybridized carbons (Fsp3) is 0. The molecule has 0 aliphatic rings. The minimum Gasteiger partial charge on any atom is -0.423 e. The van der Waals surface area contributed by atoms with Gasteiger partial charge in [-0.3, -0.25) is 4.79 Å². The van der Waals surface area contributed by atoms with Crippen molar-refractivity contribution >= 4 is 50.2 Å². The predicted molar refractivity (Wildman–Crippen MR) is 101 cm³/mol. The van der Waals surface area contributed by atoms with Gasteiger partial charge in [-0.25, -0.2) is 14.8 Å². The molecule has 1 aromatic heterocycles. The molecule has 0 aliphatic heterocycles. The molecule has 7 nitrogen and oxygen atoms in total. The molecule has 3 aromatic rings. The number of carbonyl (C=O) groups excluding carboxylic acids is 2. The molecule has 2 aromatic carbocycles. The van der Waals surface area contributed by atoms with Crippen LogP contribution in [0, 0.1) is 0 Å². The third-order valence-corrected chi connectivity index (χ3v) is 3.79. The van der Waals surface area contributed by atoms with Crippen LogP contribution < -0.4 is 15.8 Å². The molecule has 3 rings (SSSR count). The van der Waals surface area contributed by atoms with Gasteiger partial charge in [0.1, 0.15) is 17.9 Å². The molecule has 3 N–H and O–H groups in total. The van der Waals surface area contributed by atoms with E-state index in [9.17, 15) is 9.59 Å². The van der Waals surface area contributed by atoms with Crippen molar-refractivity contribution < 1.29 is 14.3 Å². The van der Waals surface area contributed by atoms with E-state index in [4.69, 9.17) is 10.5 Å². The van der Waals surface area contributed by atoms with Gasteiger partial charge in [-0.2, -0.15) is 0 Å². The van der Waals surface area contributed by atoms with Crippen LogP contribution in [0.15, 0.2) is 65.4 Å². The van der Waals surface area contributed by atoms with E-state index in [1.54, 1.807) is 18.2 Å². The lowest BCUT2D eigenvalue weighted by molar-refractivity contribution is -0.129. The molecular formula is C18H13BrN4O3. The first-order chi connectivity index (χ1) is 12.5. The Labute approximate surface area is 157 Å². The molecule has 0 radical (unpaired) electrons. The van der Waals surface area contributed by atoms with Gasteiger partial charge >= 0.3 is 5.97 Å². The van der Waals surface area contributed by atoms with E-state index in [1.165, 1.54) is 6.33 Å². The van der Waals surface area contributed by atoms with Gasteiger partial charge < -0.3 is 15.8 Å². The van der Waals surface area contributed by atoms with Gasteiger partial charge in [0.2, 0.25) is 5.91 Å². The minimum atomic E-state index is -0.727. The van der Waals surface area contributed by atoms with E-state index in [-0.39, 0.29) is 0 Å². The smallest absolute Gasteiger partial charge is 0.336 e. The van der Waals surface area contributed by atoms with Gasteiger partial charge in [0, 0.05) is 27.7 Å². The number of amides is 1. The zero-order chi connectivity index (χ0) is 18.5. The Morgan fingerprint density at radius 1 is 1.12 bits per heavy atom. The maximum atomic E-state index is 11.7. The van der Waals surface area contributed by atoms with Crippen LogP contribution in [0.1, 0.15) is 0 Å². The van der Waals surface area contributed by atoms with Crippen molar-refractivity contribution in [2.24, 2.45) is 5.73 Å². The molecule has 0 fully saturated rings. The van der Waals surface area contributed by atoms with Crippen molar-refractivity contribution in [2.75, 3.05) is 5.32 Å². The lowest BCUT2D eigenvalue weighted by atomic mass is 10.2. The summed E-state index contributed by atoms with van der Waals surface area (Å²) in [5.74, 6) is -0.571. The number of nitrogens with two attached hydrogens (primary N) is 1. The van der Waals surface area contributed by atoms with Crippen LogP contribution in [0.2, 0.25) is 0 Å². The number of hydrogen-bond acceptors (Lipinski definition) is 6. The van der Waals surface area contributed by atoms with Crippen molar-refractivity contribution in [3.8, 4) is 5.75 Å². The summed E-state index contributed by atoms with van der Waals surface area (Å²) in [5, 5.41) is 3.89. The van der Waals surface area contributed by atoms with E-state index in [1.807, 2.05) is 24.3 Å². The summed E-state index contributed by atoms with van der Waals surface area (Å²) in [6, 6.07) is 12.6. The Balaban J connectivity index is 1.90. The molecule has 0 spiro atoms. The molecule has 8 heteroatoms. The number of anilines is 2. The van der Waals surface area contributed by atoms with Crippen LogP contribution in [0.3, 0.4) is 0 Å². The number of hydrogen-bond donors (Lipinski definition) is 2. The summed E-state index contributed by atoms with van der Waals surface area (Å²) in [4.78, 5) is 30.8. The second kappa shape index (κ2) is 7.75. The monoisotopic (exact) mass is 412 g/mol. The second-order valence-electron chi connectivity index (χ2n) is 5.19. The summed E-state index contributed by atoms with van der Waals surface area (Å²) in [7, 11) is 0. The van der Waals surface area contributed by atoms with E-state index in [0.717, 1.165) is 22.3 Å². The number of carbonyl (C=O) groups is 2. The van der Waals surface area contributed by atoms with E-state index in [0.29, 0.717) is 22.5 Å². The highest BCUT2D eigenvalue weighted by molar-refractivity contribution is 9.10. The normalized spacial score (nSPS) is 10.8. The summed E-state index contributed by atoms with van der Waals surface area (Å²) < 4.78 is 6.10. The molecule has 0 aliphatic carbocycles. The van der Waals surface area contributed by atoms with Crippen LogP contribution in [0.5, 0.6) is 5.75 Å². The first kappa shape index (κ1) is 17.6. The van der Waals surface area contributed by atoms with Gasteiger partial charge in [-0.05, 0) is 36.4 Å². The fourth-order valence-corrected chi connectivity index (χ4v) is 2.60. The highest BCUT2D eigenvalue weighted by Crippen LogP contribution is 2.27. The van der Waals surface area contributed by atoms with Gasteiger partial charge in [0.05, 0.1) is 5.52 Å². The average Bonchev–Trinajstić information content (AvgIpc) is 2.60. The Morgan fingerprint density at radius 2 is 1.96 bits per heavy atom. The molecule has 0 saturated carbocycles. The minimum absolute atomic E-state index is 0.295. The van der Waals surface area contributed by atoms with Crippen LogP contribution in [0.4, 0.5) is 11.5 Å². The number of benzene rings is 2. The lowest BCUT2D eigenvalue weighted by Gasteiger charge is -2.10. The van der Waals surface area contributed by atoms with Gasteiger partial charge in [0.25, 0.3) is 0 Å². The van der Waals surface area contributed by atoms with Crippen LogP contribution in [-0.2, 0) is 9.59 Å². The van der Waals surface area contributed by atoms with E-state index in [2.05, 4.69) is 31.2 Å². The summed E-state index contributed by atoms with van der Waals surface area (Å²) in [6.45, 7) is 0. The van der Waals surface area contributed by atoms with Crippen molar-refractivity contribution in [3.63, 3.8) is 0 Å². The van der Waals surface area contributed by atoms with Gasteiger partial charge in [0.15, 0.2) is 0 Å². The van der Waals surface area contributed by atoms with Gasteiger partial charge in [-0.1, -0.05) is 22.0 Å². The molecule has 1 amide bonds. The Morgan fingerprint density at radius 3 is 2.73 bits per heavy atom. The first-order valence-corrected chi connectivity index (χ1v) is 8.27. The number of primary amides is 1. The Kier molecular flexibility index (Phi) is 5.23. The summed E-state index contributed by atoms with van der Waals surface area (Å²) in [5.41, 5.74) is 6.47. The molecular weight excluding hydrogens is 400 g/mol. The average molecular weight is 413 g/mol. The molecule has 1 heterocycles. The molecule has 0 bridgehead atoms.